The highest BCUT2D eigenvalue weighted by atomic mass is 32.2. The minimum absolute atomic E-state index is 0.189. The van der Waals surface area contributed by atoms with Gasteiger partial charge in [-0.2, -0.15) is 10.2 Å². The fraction of sp³-hybridized carbons (Fsp3) is 0.118. The first-order chi connectivity index (χ1) is 13.1. The van der Waals surface area contributed by atoms with Crippen LogP contribution in [0.3, 0.4) is 0 Å². The third kappa shape index (κ3) is 4.42. The summed E-state index contributed by atoms with van der Waals surface area (Å²) in [5, 5.41) is 15.0. The summed E-state index contributed by atoms with van der Waals surface area (Å²) in [6.07, 6.45) is 6.11. The van der Waals surface area contributed by atoms with E-state index in [4.69, 9.17) is 4.74 Å². The fourth-order valence-corrected chi connectivity index (χ4v) is 2.91. The third-order valence-corrected chi connectivity index (χ3v) is 4.33. The molecule has 0 bridgehead atoms. The number of amides is 1. The standard InChI is InChI=1S/C17H15N5O4S/c1-25-12-4-5-13(22-7-3-6-19-22)11(8-12)10-18-21-17-20-16(24)14(27-17)9-15(23)26-2/h3-10H,1-2H3,(H,20,21,24)/b14-9+,18-10?. The van der Waals surface area contributed by atoms with E-state index in [2.05, 4.69) is 25.4 Å². The van der Waals surface area contributed by atoms with Crippen LogP contribution in [-0.4, -0.2) is 47.3 Å². The number of thioether (sulfide) groups is 1. The van der Waals surface area contributed by atoms with E-state index in [-0.39, 0.29) is 10.1 Å². The van der Waals surface area contributed by atoms with E-state index in [1.54, 1.807) is 24.1 Å². The molecule has 0 atom stereocenters. The number of nitrogens with zero attached hydrogens (tertiary/aromatic N) is 4. The quantitative estimate of drug-likeness (QED) is 0.362. The van der Waals surface area contributed by atoms with E-state index in [9.17, 15) is 9.59 Å². The van der Waals surface area contributed by atoms with Crippen LogP contribution >= 0.6 is 11.8 Å². The molecule has 9 nitrogen and oxygen atoms in total. The van der Waals surface area contributed by atoms with Crippen molar-refractivity contribution in [2.24, 2.45) is 10.2 Å². The molecule has 1 aliphatic rings. The molecule has 0 radical (unpaired) electrons. The van der Waals surface area contributed by atoms with Gasteiger partial charge in [-0.15, -0.1) is 5.10 Å². The number of hydrogen-bond acceptors (Lipinski definition) is 8. The molecule has 1 aromatic carbocycles. The van der Waals surface area contributed by atoms with Crippen LogP contribution in [0.25, 0.3) is 5.69 Å². The van der Waals surface area contributed by atoms with Crippen molar-refractivity contribution in [3.05, 3.63) is 53.2 Å². The lowest BCUT2D eigenvalue weighted by Gasteiger charge is -2.07. The zero-order valence-corrected chi connectivity index (χ0v) is 15.3. The SMILES string of the molecule is COC(=O)/C=C1/S/C(=N\N=Cc2cc(OC)ccc2-n2cccn2)NC1=O. The van der Waals surface area contributed by atoms with Gasteiger partial charge in [0.15, 0.2) is 5.17 Å². The Morgan fingerprint density at radius 2 is 2.22 bits per heavy atom. The third-order valence-electron chi connectivity index (χ3n) is 3.43. The van der Waals surface area contributed by atoms with Crippen molar-refractivity contribution < 1.29 is 19.1 Å². The zero-order chi connectivity index (χ0) is 19.2. The molecule has 2 aromatic rings. The van der Waals surface area contributed by atoms with E-state index in [1.807, 2.05) is 24.4 Å². The summed E-state index contributed by atoms with van der Waals surface area (Å²) < 4.78 is 11.4. The molecule has 1 aromatic heterocycles. The van der Waals surface area contributed by atoms with Gasteiger partial charge < -0.3 is 9.47 Å². The summed E-state index contributed by atoms with van der Waals surface area (Å²) in [6.45, 7) is 0. The second-order valence-electron chi connectivity index (χ2n) is 5.11. The van der Waals surface area contributed by atoms with Gasteiger partial charge in [0.25, 0.3) is 5.91 Å². The molecule has 3 rings (SSSR count). The minimum atomic E-state index is -0.613. The first-order valence-corrected chi connectivity index (χ1v) is 8.50. The van der Waals surface area contributed by atoms with Crippen LogP contribution in [-0.2, 0) is 14.3 Å². The number of esters is 1. The van der Waals surface area contributed by atoms with Gasteiger partial charge in [0.1, 0.15) is 5.75 Å². The number of nitrogens with one attached hydrogen (secondary N) is 1. The van der Waals surface area contributed by atoms with Gasteiger partial charge >= 0.3 is 5.97 Å². The number of rotatable bonds is 5. The summed E-state index contributed by atoms with van der Waals surface area (Å²) in [5.41, 5.74) is 1.51. The van der Waals surface area contributed by atoms with Gasteiger partial charge in [0, 0.05) is 24.0 Å². The van der Waals surface area contributed by atoms with Gasteiger partial charge in [-0.1, -0.05) is 0 Å². The Hall–Kier alpha value is -3.40. The van der Waals surface area contributed by atoms with Gasteiger partial charge in [-0.25, -0.2) is 9.48 Å². The molecule has 1 aliphatic heterocycles. The number of amidine groups is 1. The number of carbonyl (C=O) groups is 2. The Morgan fingerprint density at radius 3 is 2.93 bits per heavy atom. The summed E-state index contributed by atoms with van der Waals surface area (Å²) in [6, 6.07) is 7.27. The predicted octanol–water partition coefficient (Wildman–Crippen LogP) is 1.49. The highest BCUT2D eigenvalue weighted by Gasteiger charge is 2.25. The smallest absolute Gasteiger partial charge is 0.331 e. The van der Waals surface area contributed by atoms with Crippen molar-refractivity contribution in [1.82, 2.24) is 15.1 Å². The number of benzene rings is 1. The number of ether oxygens (including phenoxy) is 2. The van der Waals surface area contributed by atoms with Crippen LogP contribution in [0.15, 0.2) is 57.8 Å². The lowest BCUT2D eigenvalue weighted by molar-refractivity contribution is -0.135. The van der Waals surface area contributed by atoms with Gasteiger partial charge in [0.05, 0.1) is 31.0 Å². The second kappa shape index (κ2) is 8.32. The molecule has 0 aliphatic carbocycles. The monoisotopic (exact) mass is 385 g/mol. The molecule has 0 spiro atoms. The molecule has 2 heterocycles. The van der Waals surface area contributed by atoms with Crippen molar-refractivity contribution in [2.45, 2.75) is 0 Å². The summed E-state index contributed by atoms with van der Waals surface area (Å²) in [7, 11) is 2.81. The number of aromatic nitrogens is 2. The molecule has 1 N–H and O–H groups in total. The molecule has 138 valence electrons. The number of carbonyl (C=O) groups excluding carboxylic acids is 2. The average Bonchev–Trinajstić information content (AvgIpc) is 3.32. The largest absolute Gasteiger partial charge is 0.497 e. The normalized spacial score (nSPS) is 16.9. The van der Waals surface area contributed by atoms with Crippen LogP contribution in [0, 0.1) is 0 Å². The van der Waals surface area contributed by atoms with Crippen molar-refractivity contribution >= 4 is 35.0 Å². The second-order valence-corrected chi connectivity index (χ2v) is 6.14. The fourth-order valence-electron chi connectivity index (χ4n) is 2.17. The molecule has 0 saturated carbocycles. The van der Waals surface area contributed by atoms with Crippen molar-refractivity contribution in [3.63, 3.8) is 0 Å². The molecule has 27 heavy (non-hydrogen) atoms. The maximum atomic E-state index is 11.8. The number of hydrogen-bond donors (Lipinski definition) is 1. The van der Waals surface area contributed by atoms with Crippen LogP contribution in [0.5, 0.6) is 5.75 Å². The van der Waals surface area contributed by atoms with Gasteiger partial charge in [-0.05, 0) is 36.0 Å². The van der Waals surface area contributed by atoms with Gasteiger partial charge in [-0.3, -0.25) is 10.1 Å². The zero-order valence-electron chi connectivity index (χ0n) is 14.4. The predicted molar refractivity (Wildman–Crippen MR) is 101 cm³/mol. The minimum Gasteiger partial charge on any atom is -0.497 e. The lowest BCUT2D eigenvalue weighted by atomic mass is 10.2. The van der Waals surface area contributed by atoms with Crippen molar-refractivity contribution in [2.75, 3.05) is 14.2 Å². The first kappa shape index (κ1) is 18.4. The van der Waals surface area contributed by atoms with Crippen LogP contribution in [0.4, 0.5) is 0 Å². The van der Waals surface area contributed by atoms with E-state index < -0.39 is 11.9 Å². The van der Waals surface area contributed by atoms with E-state index >= 15 is 0 Å². The Morgan fingerprint density at radius 1 is 1.37 bits per heavy atom. The highest BCUT2D eigenvalue weighted by Crippen LogP contribution is 2.24. The molecule has 1 saturated heterocycles. The van der Waals surface area contributed by atoms with Crippen LogP contribution in [0.1, 0.15) is 5.56 Å². The van der Waals surface area contributed by atoms with E-state index in [0.29, 0.717) is 5.75 Å². The Labute approximate surface area is 158 Å². The Kier molecular flexibility index (Phi) is 5.67. The molecule has 0 unspecified atom stereocenters. The first-order valence-electron chi connectivity index (χ1n) is 7.68. The number of methoxy groups -OCH3 is 2. The molecular weight excluding hydrogens is 370 g/mol. The van der Waals surface area contributed by atoms with Gasteiger partial charge in [0.2, 0.25) is 0 Å². The van der Waals surface area contributed by atoms with E-state index in [0.717, 1.165) is 29.1 Å². The molecule has 1 fully saturated rings. The lowest BCUT2D eigenvalue weighted by Crippen LogP contribution is -2.19. The van der Waals surface area contributed by atoms with Crippen molar-refractivity contribution in [1.29, 1.82) is 0 Å². The molecular formula is C17H15N5O4S. The summed E-state index contributed by atoms with van der Waals surface area (Å²) >= 11 is 1.00. The maximum Gasteiger partial charge on any atom is 0.331 e. The van der Waals surface area contributed by atoms with Crippen molar-refractivity contribution in [3.8, 4) is 11.4 Å². The Bertz CT molecular complexity index is 950. The maximum absolute atomic E-state index is 11.8. The molecule has 10 heteroatoms. The summed E-state index contributed by atoms with van der Waals surface area (Å²) in [5.74, 6) is -0.387. The molecule has 1 amide bonds. The highest BCUT2D eigenvalue weighted by molar-refractivity contribution is 8.18. The Balaban J connectivity index is 1.82. The topological polar surface area (TPSA) is 107 Å². The average molecular weight is 385 g/mol. The summed E-state index contributed by atoms with van der Waals surface area (Å²) in [4.78, 5) is 23.2. The van der Waals surface area contributed by atoms with Crippen LogP contribution < -0.4 is 10.1 Å². The van der Waals surface area contributed by atoms with E-state index in [1.165, 1.54) is 13.3 Å². The van der Waals surface area contributed by atoms with Crippen LogP contribution in [0.2, 0.25) is 0 Å².